The van der Waals surface area contributed by atoms with Crippen LogP contribution in [0.1, 0.15) is 0 Å². The van der Waals surface area contributed by atoms with Crippen LogP contribution in [0.3, 0.4) is 0 Å². The van der Waals surface area contributed by atoms with Crippen LogP contribution in [-0.2, 0) is 0 Å². The quantitative estimate of drug-likeness (QED) is 0.378. The van der Waals surface area contributed by atoms with Gasteiger partial charge in [0.05, 0.1) is 0 Å². The Kier molecular flexibility index (Phi) is 1570. The van der Waals surface area contributed by atoms with Gasteiger partial charge >= 0.3 is 177 Å². The Labute approximate surface area is 205 Å². The molecule has 0 aliphatic heterocycles. The van der Waals surface area contributed by atoms with Gasteiger partial charge in [-0.15, -0.1) is 0 Å². The van der Waals surface area contributed by atoms with Crippen LogP contribution in [0.4, 0.5) is 0 Å². The van der Waals surface area contributed by atoms with Crippen molar-refractivity contribution in [3.05, 3.63) is 0 Å². The summed E-state index contributed by atoms with van der Waals surface area (Å²) in [5.74, 6) is 0. The maximum absolute atomic E-state index is 0. The standard InChI is InChI=1S/6Na.6H2O/h;;;;;;6*1H2/q6*+1;;;;;;/p-6. The molecule has 0 heterocycles. The van der Waals surface area contributed by atoms with E-state index in [2.05, 4.69) is 0 Å². The van der Waals surface area contributed by atoms with Crippen molar-refractivity contribution in [2.75, 3.05) is 0 Å². The summed E-state index contributed by atoms with van der Waals surface area (Å²) in [7, 11) is 0. The van der Waals surface area contributed by atoms with Crippen molar-refractivity contribution in [1.82, 2.24) is 0 Å². The number of rotatable bonds is 0. The largest absolute Gasteiger partial charge is 1.00 e. The van der Waals surface area contributed by atoms with E-state index in [1.54, 1.807) is 0 Å². The first kappa shape index (κ1) is 150. The average molecular weight is 240 g/mol. The SMILES string of the molecule is [Na+].[Na+].[Na+].[Na+].[Na+].[Na+].[OH-].[OH-].[OH-].[OH-].[OH-].[OH-]. The third-order valence-corrected chi connectivity index (χ3v) is 0. The molecule has 0 atom stereocenters. The van der Waals surface area contributed by atoms with Gasteiger partial charge in [-0.25, -0.2) is 0 Å². The summed E-state index contributed by atoms with van der Waals surface area (Å²) < 4.78 is 0. The fraction of sp³-hybridized carbons (Fsp3) is 0. The minimum Gasteiger partial charge on any atom is -0.870 e. The third-order valence-electron chi connectivity index (χ3n) is 0. The summed E-state index contributed by atoms with van der Waals surface area (Å²) in [6.07, 6.45) is 0. The Balaban J connectivity index is 0. The maximum atomic E-state index is 0. The van der Waals surface area contributed by atoms with Gasteiger partial charge in [-0.05, 0) is 0 Å². The molecule has 12 heteroatoms. The van der Waals surface area contributed by atoms with E-state index in [0.29, 0.717) is 0 Å². The zero-order valence-electron chi connectivity index (χ0n) is 8.68. The molecule has 0 saturated heterocycles. The van der Waals surface area contributed by atoms with Crippen LogP contribution in [0.15, 0.2) is 0 Å². The molecule has 0 spiro atoms. The summed E-state index contributed by atoms with van der Waals surface area (Å²) in [5, 5.41) is 0. The van der Waals surface area contributed by atoms with Crippen molar-refractivity contribution in [3.63, 3.8) is 0 Å². The molecule has 0 amide bonds. The first-order chi connectivity index (χ1) is 0. The van der Waals surface area contributed by atoms with Gasteiger partial charge in [0.25, 0.3) is 0 Å². The Bertz CT molecular complexity index is 12.0. The summed E-state index contributed by atoms with van der Waals surface area (Å²) >= 11 is 0. The van der Waals surface area contributed by atoms with E-state index in [1.807, 2.05) is 0 Å². The predicted molar refractivity (Wildman–Crippen MR) is 11.6 cm³/mol. The number of hydrogen-bond donors (Lipinski definition) is 0. The monoisotopic (exact) mass is 240 g/mol. The third kappa shape index (κ3) is 103. The van der Waals surface area contributed by atoms with Crippen LogP contribution >= 0.6 is 0 Å². The summed E-state index contributed by atoms with van der Waals surface area (Å²) in [6, 6.07) is 0. The van der Waals surface area contributed by atoms with E-state index >= 15 is 0 Å². The van der Waals surface area contributed by atoms with E-state index in [9.17, 15) is 0 Å². The molecule has 0 fully saturated rings. The van der Waals surface area contributed by atoms with E-state index in [0.717, 1.165) is 0 Å². The van der Waals surface area contributed by atoms with Crippen molar-refractivity contribution in [1.29, 1.82) is 0 Å². The van der Waals surface area contributed by atoms with Crippen molar-refractivity contribution in [3.8, 4) is 0 Å². The molecule has 0 aliphatic rings. The fourth-order valence-electron chi connectivity index (χ4n) is 0. The summed E-state index contributed by atoms with van der Waals surface area (Å²) in [5.41, 5.74) is 0. The maximum Gasteiger partial charge on any atom is 1.00 e. The van der Waals surface area contributed by atoms with Crippen molar-refractivity contribution in [2.24, 2.45) is 0 Å². The van der Waals surface area contributed by atoms with Gasteiger partial charge < -0.3 is 32.9 Å². The second-order valence-corrected chi connectivity index (χ2v) is 0. The van der Waals surface area contributed by atoms with E-state index in [-0.39, 0.29) is 210 Å². The average Bonchev–Trinajstić information content (AvgIpc) is 0. The molecule has 0 saturated carbocycles. The Morgan fingerprint density at radius 2 is 0.167 bits per heavy atom. The van der Waals surface area contributed by atoms with Gasteiger partial charge in [-0.3, -0.25) is 0 Å². The first-order valence-corrected chi connectivity index (χ1v) is 0. The summed E-state index contributed by atoms with van der Waals surface area (Å²) in [4.78, 5) is 0. The van der Waals surface area contributed by atoms with E-state index in [1.165, 1.54) is 0 Å². The normalized spacial score (nSPS) is 0. The second-order valence-electron chi connectivity index (χ2n) is 0. The zero-order valence-corrected chi connectivity index (χ0v) is 20.7. The summed E-state index contributed by atoms with van der Waals surface area (Å²) in [6.45, 7) is 0. The molecular weight excluding hydrogens is 234 g/mol. The molecule has 0 bridgehead atoms. The molecule has 0 rings (SSSR count). The molecule has 6 N–H and O–H groups in total. The van der Waals surface area contributed by atoms with E-state index in [4.69, 9.17) is 0 Å². The second kappa shape index (κ2) is 125. The number of hydrogen-bond acceptors (Lipinski definition) is 6. The van der Waals surface area contributed by atoms with Crippen LogP contribution < -0.4 is 177 Å². The molecular formula is H6Na6O6. The van der Waals surface area contributed by atoms with E-state index < -0.39 is 0 Å². The molecule has 0 radical (unpaired) electrons. The topological polar surface area (TPSA) is 180 Å². The van der Waals surface area contributed by atoms with Gasteiger partial charge in [-0.2, -0.15) is 0 Å². The Morgan fingerprint density at radius 3 is 0.167 bits per heavy atom. The van der Waals surface area contributed by atoms with Gasteiger partial charge in [0.15, 0.2) is 0 Å². The van der Waals surface area contributed by atoms with Gasteiger partial charge in [-0.1, -0.05) is 0 Å². The minimum atomic E-state index is 0. The first-order valence-electron chi connectivity index (χ1n) is 0. The molecule has 0 aromatic rings. The molecule has 0 unspecified atom stereocenters. The van der Waals surface area contributed by atoms with Crippen molar-refractivity contribution in [2.45, 2.75) is 0 Å². The molecule has 0 aromatic carbocycles. The molecule has 48 valence electrons. The van der Waals surface area contributed by atoms with Crippen LogP contribution in [-0.4, -0.2) is 32.9 Å². The van der Waals surface area contributed by atoms with Gasteiger partial charge in [0, 0.05) is 0 Å². The molecule has 6 nitrogen and oxygen atoms in total. The van der Waals surface area contributed by atoms with Crippen LogP contribution in [0.25, 0.3) is 0 Å². The minimum absolute atomic E-state index is 0. The van der Waals surface area contributed by atoms with Crippen molar-refractivity contribution >= 4 is 0 Å². The smallest absolute Gasteiger partial charge is 0.870 e. The molecule has 0 aliphatic carbocycles. The van der Waals surface area contributed by atoms with Gasteiger partial charge in [0.2, 0.25) is 0 Å². The Hall–Kier alpha value is 5.76. The molecule has 0 aromatic heterocycles. The zero-order chi connectivity index (χ0) is 0. The van der Waals surface area contributed by atoms with Crippen molar-refractivity contribution < 1.29 is 210 Å². The van der Waals surface area contributed by atoms with Crippen LogP contribution in [0.5, 0.6) is 0 Å². The van der Waals surface area contributed by atoms with Gasteiger partial charge in [0.1, 0.15) is 0 Å². The predicted octanol–water partition coefficient (Wildman–Crippen LogP) is -19.0. The van der Waals surface area contributed by atoms with Crippen LogP contribution in [0.2, 0.25) is 0 Å². The molecule has 12 heavy (non-hydrogen) atoms. The Morgan fingerprint density at radius 1 is 0.167 bits per heavy atom. The fourth-order valence-corrected chi connectivity index (χ4v) is 0. The van der Waals surface area contributed by atoms with Crippen LogP contribution in [0, 0.1) is 0 Å².